The Balaban J connectivity index is 2.19. The fraction of sp³-hybridized carbons (Fsp3) is 1.00. The summed E-state index contributed by atoms with van der Waals surface area (Å²) in [6.45, 7) is 0.246. The molecular formula is C6H12F2N2S. The standard InChI is InChI=1S/C6H12F2N2S/c7-1-5(2-8)10-3-6(4-10)11-9/h5-6H,1-4,9H2. The van der Waals surface area contributed by atoms with Gasteiger partial charge in [0.1, 0.15) is 13.3 Å². The lowest BCUT2D eigenvalue weighted by Crippen LogP contribution is -2.55. The van der Waals surface area contributed by atoms with Crippen LogP contribution in [0.3, 0.4) is 0 Å². The molecule has 66 valence electrons. The van der Waals surface area contributed by atoms with E-state index in [1.54, 1.807) is 4.90 Å². The van der Waals surface area contributed by atoms with Gasteiger partial charge in [-0.1, -0.05) is 11.9 Å². The highest BCUT2D eigenvalue weighted by atomic mass is 32.2. The zero-order valence-corrected chi connectivity index (χ0v) is 6.99. The quantitative estimate of drug-likeness (QED) is 0.645. The molecule has 0 bridgehead atoms. The van der Waals surface area contributed by atoms with Gasteiger partial charge in [-0.2, -0.15) is 0 Å². The number of nitrogens with zero attached hydrogens (tertiary/aromatic N) is 1. The normalized spacial score (nSPS) is 20.7. The molecule has 0 saturated carbocycles. The third kappa shape index (κ3) is 2.04. The number of rotatable bonds is 4. The first-order valence-corrected chi connectivity index (χ1v) is 4.47. The third-order valence-corrected chi connectivity index (χ3v) is 2.62. The molecule has 0 aromatic heterocycles. The molecule has 0 aromatic carbocycles. The molecule has 0 radical (unpaired) electrons. The molecular weight excluding hydrogens is 170 g/mol. The zero-order valence-electron chi connectivity index (χ0n) is 6.17. The molecule has 0 spiro atoms. The average Bonchev–Trinajstić information content (AvgIpc) is 1.95. The lowest BCUT2D eigenvalue weighted by Gasteiger charge is -2.41. The monoisotopic (exact) mass is 182 g/mol. The molecule has 0 unspecified atom stereocenters. The van der Waals surface area contributed by atoms with Crippen LogP contribution in [0.2, 0.25) is 0 Å². The van der Waals surface area contributed by atoms with Crippen LogP contribution in [0, 0.1) is 0 Å². The fourth-order valence-corrected chi connectivity index (χ4v) is 1.65. The molecule has 1 rings (SSSR count). The summed E-state index contributed by atoms with van der Waals surface area (Å²) in [7, 11) is 0. The third-order valence-electron chi connectivity index (χ3n) is 1.94. The maximum atomic E-state index is 12.0. The van der Waals surface area contributed by atoms with Crippen molar-refractivity contribution in [3.05, 3.63) is 0 Å². The average molecular weight is 182 g/mol. The second-order valence-electron chi connectivity index (χ2n) is 2.67. The maximum absolute atomic E-state index is 12.0. The minimum absolute atomic E-state index is 0.371. The molecule has 1 aliphatic heterocycles. The summed E-state index contributed by atoms with van der Waals surface area (Å²) in [5.41, 5.74) is 0. The molecule has 2 N–H and O–H groups in total. The molecule has 2 nitrogen and oxygen atoms in total. The highest BCUT2D eigenvalue weighted by Crippen LogP contribution is 2.20. The van der Waals surface area contributed by atoms with E-state index in [0.717, 1.165) is 13.1 Å². The lowest BCUT2D eigenvalue weighted by molar-refractivity contribution is 0.0864. The minimum Gasteiger partial charge on any atom is -0.293 e. The first kappa shape index (κ1) is 9.22. The molecule has 11 heavy (non-hydrogen) atoms. The number of halogens is 2. The number of hydrogen-bond acceptors (Lipinski definition) is 3. The molecule has 0 atom stereocenters. The van der Waals surface area contributed by atoms with E-state index < -0.39 is 19.4 Å². The molecule has 1 heterocycles. The van der Waals surface area contributed by atoms with Crippen LogP contribution < -0.4 is 5.14 Å². The van der Waals surface area contributed by atoms with Crippen LogP contribution >= 0.6 is 11.9 Å². The summed E-state index contributed by atoms with van der Waals surface area (Å²) < 4.78 is 24.1. The van der Waals surface area contributed by atoms with E-state index in [2.05, 4.69) is 0 Å². The maximum Gasteiger partial charge on any atom is 0.107 e. The highest BCUT2D eigenvalue weighted by molar-refractivity contribution is 7.97. The van der Waals surface area contributed by atoms with Crippen LogP contribution in [-0.4, -0.2) is 42.6 Å². The second kappa shape index (κ2) is 4.23. The Kier molecular flexibility index (Phi) is 3.54. The molecule has 1 fully saturated rings. The Hall–Kier alpha value is 0.130. The van der Waals surface area contributed by atoms with Gasteiger partial charge in [-0.15, -0.1) is 0 Å². The molecule has 5 heteroatoms. The van der Waals surface area contributed by atoms with Crippen molar-refractivity contribution in [2.45, 2.75) is 11.3 Å². The van der Waals surface area contributed by atoms with E-state index in [1.165, 1.54) is 11.9 Å². The predicted molar refractivity (Wildman–Crippen MR) is 42.9 cm³/mol. The summed E-state index contributed by atoms with van der Waals surface area (Å²) in [6, 6.07) is -0.529. The molecule has 0 amide bonds. The minimum atomic E-state index is -0.599. The number of alkyl halides is 2. The first-order chi connectivity index (χ1) is 5.31. The number of nitrogens with two attached hydrogens (primary N) is 1. The summed E-state index contributed by atoms with van der Waals surface area (Å²) >= 11 is 1.27. The van der Waals surface area contributed by atoms with Gasteiger partial charge in [-0.05, 0) is 0 Å². The summed E-state index contributed by atoms with van der Waals surface area (Å²) in [6.07, 6.45) is 0. The SMILES string of the molecule is NSC1CN(C(CF)CF)C1. The van der Waals surface area contributed by atoms with Crippen LogP contribution in [0.25, 0.3) is 0 Å². The Morgan fingerprint density at radius 3 is 2.36 bits per heavy atom. The van der Waals surface area contributed by atoms with Crippen molar-refractivity contribution >= 4 is 11.9 Å². The largest absolute Gasteiger partial charge is 0.293 e. The van der Waals surface area contributed by atoms with Crippen LogP contribution in [0.15, 0.2) is 0 Å². The van der Waals surface area contributed by atoms with Gasteiger partial charge >= 0.3 is 0 Å². The van der Waals surface area contributed by atoms with Crippen molar-refractivity contribution in [2.75, 3.05) is 26.4 Å². The van der Waals surface area contributed by atoms with Crippen molar-refractivity contribution in [1.29, 1.82) is 0 Å². The number of hydrogen-bond donors (Lipinski definition) is 1. The Bertz CT molecular complexity index is 115. The van der Waals surface area contributed by atoms with Gasteiger partial charge in [-0.25, -0.2) is 8.78 Å². The van der Waals surface area contributed by atoms with Gasteiger partial charge < -0.3 is 0 Å². The number of likely N-dealkylation sites (tertiary alicyclic amines) is 1. The Labute approximate surface area is 69.2 Å². The van der Waals surface area contributed by atoms with Crippen LogP contribution in [0.1, 0.15) is 0 Å². The lowest BCUT2D eigenvalue weighted by atomic mass is 10.1. The van der Waals surface area contributed by atoms with Crippen LogP contribution in [0.5, 0.6) is 0 Å². The zero-order chi connectivity index (χ0) is 8.27. The summed E-state index contributed by atoms with van der Waals surface area (Å²) in [4.78, 5) is 1.78. The van der Waals surface area contributed by atoms with E-state index in [1.807, 2.05) is 0 Å². The Morgan fingerprint density at radius 2 is 2.00 bits per heavy atom. The molecule has 0 aliphatic carbocycles. The van der Waals surface area contributed by atoms with Gasteiger partial charge in [0.15, 0.2) is 0 Å². The van der Waals surface area contributed by atoms with Crippen LogP contribution in [-0.2, 0) is 0 Å². The van der Waals surface area contributed by atoms with Crippen molar-refractivity contribution in [3.63, 3.8) is 0 Å². The second-order valence-corrected chi connectivity index (χ2v) is 3.61. The van der Waals surface area contributed by atoms with Crippen molar-refractivity contribution < 1.29 is 8.78 Å². The van der Waals surface area contributed by atoms with Gasteiger partial charge in [0, 0.05) is 18.3 Å². The van der Waals surface area contributed by atoms with Crippen molar-refractivity contribution in [1.82, 2.24) is 4.90 Å². The van der Waals surface area contributed by atoms with E-state index in [0.29, 0.717) is 5.25 Å². The van der Waals surface area contributed by atoms with E-state index >= 15 is 0 Å². The first-order valence-electron chi connectivity index (χ1n) is 3.53. The highest BCUT2D eigenvalue weighted by Gasteiger charge is 2.31. The van der Waals surface area contributed by atoms with Crippen molar-refractivity contribution in [3.8, 4) is 0 Å². The smallest absolute Gasteiger partial charge is 0.107 e. The topological polar surface area (TPSA) is 29.3 Å². The van der Waals surface area contributed by atoms with E-state index in [9.17, 15) is 8.78 Å². The van der Waals surface area contributed by atoms with Gasteiger partial charge in [0.2, 0.25) is 0 Å². The van der Waals surface area contributed by atoms with Gasteiger partial charge in [0.05, 0.1) is 6.04 Å². The van der Waals surface area contributed by atoms with E-state index in [4.69, 9.17) is 5.14 Å². The molecule has 0 aromatic rings. The Morgan fingerprint density at radius 1 is 1.45 bits per heavy atom. The van der Waals surface area contributed by atoms with E-state index in [-0.39, 0.29) is 0 Å². The van der Waals surface area contributed by atoms with Gasteiger partial charge in [-0.3, -0.25) is 10.0 Å². The van der Waals surface area contributed by atoms with Crippen LogP contribution in [0.4, 0.5) is 8.78 Å². The molecule has 1 aliphatic rings. The molecule has 1 saturated heterocycles. The van der Waals surface area contributed by atoms with Gasteiger partial charge in [0.25, 0.3) is 0 Å². The predicted octanol–water partition coefficient (Wildman–Crippen LogP) is 0.585. The fourth-order valence-electron chi connectivity index (χ4n) is 1.09. The summed E-state index contributed by atoms with van der Waals surface area (Å²) in [5.74, 6) is 0. The van der Waals surface area contributed by atoms with Crippen molar-refractivity contribution in [2.24, 2.45) is 5.14 Å². The summed E-state index contributed by atoms with van der Waals surface area (Å²) in [5, 5.41) is 5.65.